The molecule has 1 fully saturated rings. The summed E-state index contributed by atoms with van der Waals surface area (Å²) < 4.78 is 0. The van der Waals surface area contributed by atoms with E-state index in [-0.39, 0.29) is 22.5 Å². The molecule has 1 saturated carbocycles. The van der Waals surface area contributed by atoms with Gasteiger partial charge >= 0.3 is 0 Å². The lowest BCUT2D eigenvalue weighted by atomic mass is 10.0. The maximum atomic E-state index is 12.4. The van der Waals surface area contributed by atoms with Crippen molar-refractivity contribution in [1.29, 1.82) is 0 Å². The van der Waals surface area contributed by atoms with Crippen molar-refractivity contribution in [1.82, 2.24) is 0 Å². The third-order valence-corrected chi connectivity index (χ3v) is 5.60. The second-order valence-corrected chi connectivity index (χ2v) is 7.02. The molecule has 0 bridgehead atoms. The van der Waals surface area contributed by atoms with Crippen LogP contribution in [0, 0.1) is 16.7 Å². The van der Waals surface area contributed by atoms with E-state index >= 15 is 0 Å². The minimum Gasteiger partial charge on any atom is -0.299 e. The van der Waals surface area contributed by atoms with Gasteiger partial charge in [-0.1, -0.05) is 63.0 Å². The fourth-order valence-electron chi connectivity index (χ4n) is 2.98. The van der Waals surface area contributed by atoms with Crippen LogP contribution in [0.1, 0.15) is 33.3 Å². The van der Waals surface area contributed by atoms with Crippen LogP contribution in [-0.2, 0) is 11.2 Å². The standard InChI is InChI=1S/C15H18Cl2O/c1-14(2)13(15(14,3)4)11(18)8-9-6-5-7-10(16)12(9)17/h5-7,13H,8H2,1-4H3. The molecule has 0 amide bonds. The van der Waals surface area contributed by atoms with Gasteiger partial charge in [-0.15, -0.1) is 0 Å². The third kappa shape index (κ3) is 1.98. The van der Waals surface area contributed by atoms with E-state index in [1.54, 1.807) is 6.07 Å². The zero-order valence-electron chi connectivity index (χ0n) is 11.2. The fraction of sp³-hybridized carbons (Fsp3) is 0.533. The van der Waals surface area contributed by atoms with Crippen molar-refractivity contribution < 1.29 is 4.79 Å². The van der Waals surface area contributed by atoms with E-state index in [9.17, 15) is 4.79 Å². The molecule has 98 valence electrons. The van der Waals surface area contributed by atoms with Gasteiger partial charge in [0.1, 0.15) is 5.78 Å². The van der Waals surface area contributed by atoms with Gasteiger partial charge in [-0.25, -0.2) is 0 Å². The average molecular weight is 285 g/mol. The van der Waals surface area contributed by atoms with E-state index in [2.05, 4.69) is 27.7 Å². The smallest absolute Gasteiger partial charge is 0.141 e. The Morgan fingerprint density at radius 3 is 2.22 bits per heavy atom. The van der Waals surface area contributed by atoms with Gasteiger partial charge in [0.2, 0.25) is 0 Å². The molecule has 0 N–H and O–H groups in total. The van der Waals surface area contributed by atoms with Gasteiger partial charge < -0.3 is 0 Å². The first-order valence-corrected chi connectivity index (χ1v) is 6.91. The summed E-state index contributed by atoms with van der Waals surface area (Å²) >= 11 is 12.1. The highest BCUT2D eigenvalue weighted by Gasteiger charge is 2.67. The van der Waals surface area contributed by atoms with Crippen LogP contribution in [0.5, 0.6) is 0 Å². The summed E-state index contributed by atoms with van der Waals surface area (Å²) in [7, 11) is 0. The lowest BCUT2D eigenvalue weighted by Gasteiger charge is -2.06. The van der Waals surface area contributed by atoms with Crippen LogP contribution >= 0.6 is 23.2 Å². The lowest BCUT2D eigenvalue weighted by molar-refractivity contribution is -0.120. The quantitative estimate of drug-likeness (QED) is 0.780. The van der Waals surface area contributed by atoms with Crippen LogP contribution in [0.3, 0.4) is 0 Å². The number of rotatable bonds is 3. The molecule has 0 spiro atoms. The van der Waals surface area contributed by atoms with Gasteiger partial charge in [-0.3, -0.25) is 4.79 Å². The Hall–Kier alpha value is -0.530. The lowest BCUT2D eigenvalue weighted by Crippen LogP contribution is -2.10. The molecule has 1 aromatic carbocycles. The van der Waals surface area contributed by atoms with Crippen molar-refractivity contribution in [3.05, 3.63) is 33.8 Å². The van der Waals surface area contributed by atoms with Crippen LogP contribution in [0.4, 0.5) is 0 Å². The molecule has 1 aliphatic rings. The Bertz CT molecular complexity index is 489. The second-order valence-electron chi connectivity index (χ2n) is 6.23. The maximum Gasteiger partial charge on any atom is 0.141 e. The minimum atomic E-state index is 0.0785. The van der Waals surface area contributed by atoms with Crippen molar-refractivity contribution >= 4 is 29.0 Å². The number of carbonyl (C=O) groups is 1. The number of hydrogen-bond donors (Lipinski definition) is 0. The summed E-state index contributed by atoms with van der Waals surface area (Å²) in [6.07, 6.45) is 0.372. The number of carbonyl (C=O) groups excluding carboxylic acids is 1. The topological polar surface area (TPSA) is 17.1 Å². The van der Waals surface area contributed by atoms with E-state index < -0.39 is 0 Å². The summed E-state index contributed by atoms with van der Waals surface area (Å²) in [5.41, 5.74) is 0.984. The van der Waals surface area contributed by atoms with Gasteiger partial charge in [0.05, 0.1) is 10.0 Å². The molecule has 18 heavy (non-hydrogen) atoms. The van der Waals surface area contributed by atoms with Crippen molar-refractivity contribution in [3.63, 3.8) is 0 Å². The Kier molecular flexibility index (Phi) is 3.28. The first-order valence-electron chi connectivity index (χ1n) is 6.15. The Morgan fingerprint density at radius 2 is 1.72 bits per heavy atom. The Balaban J connectivity index is 2.17. The van der Waals surface area contributed by atoms with Crippen molar-refractivity contribution in [2.45, 2.75) is 34.1 Å². The number of hydrogen-bond acceptors (Lipinski definition) is 1. The SMILES string of the molecule is CC1(C)C(C(=O)Cc2cccc(Cl)c2Cl)C1(C)C. The van der Waals surface area contributed by atoms with E-state index in [1.165, 1.54) is 0 Å². The minimum absolute atomic E-state index is 0.0785. The van der Waals surface area contributed by atoms with Crippen LogP contribution in [0.25, 0.3) is 0 Å². The molecule has 0 radical (unpaired) electrons. The van der Waals surface area contributed by atoms with E-state index in [0.717, 1.165) is 5.56 Å². The predicted octanol–water partition coefficient (Wildman–Crippen LogP) is 4.79. The molecule has 0 aromatic heterocycles. The van der Waals surface area contributed by atoms with E-state index in [0.29, 0.717) is 16.5 Å². The summed E-state index contributed by atoms with van der Waals surface area (Å²) in [6, 6.07) is 5.44. The summed E-state index contributed by atoms with van der Waals surface area (Å²) in [4.78, 5) is 12.4. The first kappa shape index (κ1) is 13.9. The number of ketones is 1. The zero-order chi connectivity index (χ0) is 13.7. The van der Waals surface area contributed by atoms with Gasteiger partial charge in [-0.2, -0.15) is 0 Å². The molecule has 0 aliphatic heterocycles. The Labute approximate surface area is 118 Å². The molecule has 3 heteroatoms. The largest absolute Gasteiger partial charge is 0.299 e. The molecule has 0 heterocycles. The van der Waals surface area contributed by atoms with Crippen molar-refractivity contribution in [2.75, 3.05) is 0 Å². The summed E-state index contributed by atoms with van der Waals surface area (Å²) in [5.74, 6) is 0.370. The number of Topliss-reactive ketones (excluding diaryl/α,β-unsaturated/α-hetero) is 1. The molecule has 0 saturated heterocycles. The van der Waals surface area contributed by atoms with Gasteiger partial charge in [0.15, 0.2) is 0 Å². The number of halogens is 2. The van der Waals surface area contributed by atoms with Gasteiger partial charge in [-0.05, 0) is 22.5 Å². The van der Waals surface area contributed by atoms with Crippen LogP contribution in [-0.4, -0.2) is 5.78 Å². The van der Waals surface area contributed by atoms with Crippen LogP contribution < -0.4 is 0 Å². The van der Waals surface area contributed by atoms with E-state index in [4.69, 9.17) is 23.2 Å². The average Bonchev–Trinajstić information content (AvgIpc) is 2.65. The first-order chi connectivity index (χ1) is 8.19. The molecule has 1 nitrogen and oxygen atoms in total. The predicted molar refractivity (Wildman–Crippen MR) is 76.2 cm³/mol. The molecule has 0 unspecified atom stereocenters. The molecule has 1 aromatic rings. The maximum absolute atomic E-state index is 12.4. The van der Waals surface area contributed by atoms with Gasteiger partial charge in [0, 0.05) is 12.3 Å². The van der Waals surface area contributed by atoms with Crippen molar-refractivity contribution in [2.24, 2.45) is 16.7 Å². The molecule has 1 aliphatic carbocycles. The van der Waals surface area contributed by atoms with E-state index in [1.807, 2.05) is 12.1 Å². The monoisotopic (exact) mass is 284 g/mol. The van der Waals surface area contributed by atoms with Crippen molar-refractivity contribution in [3.8, 4) is 0 Å². The van der Waals surface area contributed by atoms with Gasteiger partial charge in [0.25, 0.3) is 0 Å². The fourth-order valence-corrected chi connectivity index (χ4v) is 3.36. The highest BCUT2D eigenvalue weighted by Crippen LogP contribution is 2.68. The third-order valence-electron chi connectivity index (χ3n) is 4.74. The van der Waals surface area contributed by atoms with Crippen LogP contribution in [0.15, 0.2) is 18.2 Å². The van der Waals surface area contributed by atoms with Crippen LogP contribution in [0.2, 0.25) is 10.0 Å². The Morgan fingerprint density at radius 1 is 1.17 bits per heavy atom. The zero-order valence-corrected chi connectivity index (χ0v) is 12.7. The highest BCUT2D eigenvalue weighted by atomic mass is 35.5. The molecular weight excluding hydrogens is 267 g/mol. The molecule has 2 rings (SSSR count). The molecular formula is C15H18Cl2O. The normalized spacial score (nSPS) is 20.8. The second kappa shape index (κ2) is 4.25. The summed E-state index contributed by atoms with van der Waals surface area (Å²) in [6.45, 7) is 8.59. The number of benzene rings is 1. The summed E-state index contributed by atoms with van der Waals surface area (Å²) in [5, 5.41) is 1.01. The highest BCUT2D eigenvalue weighted by molar-refractivity contribution is 6.42. The molecule has 0 atom stereocenters.